The molecule has 0 unspecified atom stereocenters. The average Bonchev–Trinajstić information content (AvgIpc) is 2.73. The van der Waals surface area contributed by atoms with Gasteiger partial charge in [0.2, 0.25) is 0 Å². The third-order valence-corrected chi connectivity index (χ3v) is 4.82. The summed E-state index contributed by atoms with van der Waals surface area (Å²) >= 11 is 0. The van der Waals surface area contributed by atoms with E-state index in [-0.39, 0.29) is 0 Å². The zero-order valence-corrected chi connectivity index (χ0v) is 15.9. The van der Waals surface area contributed by atoms with Gasteiger partial charge in [0, 0.05) is 69.8 Å². The second-order valence-electron chi connectivity index (χ2n) is 6.78. The fourth-order valence-electron chi connectivity index (χ4n) is 3.28. The number of anilines is 1. The highest BCUT2D eigenvalue weighted by Gasteiger charge is 2.16. The molecule has 1 aliphatic rings. The molecule has 2 aromatic rings. The van der Waals surface area contributed by atoms with Crippen molar-refractivity contribution in [2.24, 2.45) is 10.7 Å². The summed E-state index contributed by atoms with van der Waals surface area (Å²) < 4.78 is 0. The molecule has 3 N–H and O–H groups in total. The first-order valence-electron chi connectivity index (χ1n) is 9.77. The van der Waals surface area contributed by atoms with E-state index in [0.29, 0.717) is 5.96 Å². The second-order valence-corrected chi connectivity index (χ2v) is 6.78. The molecule has 3 rings (SSSR count). The summed E-state index contributed by atoms with van der Waals surface area (Å²) in [7, 11) is 0. The molecule has 6 nitrogen and oxygen atoms in total. The molecule has 6 heteroatoms. The van der Waals surface area contributed by atoms with Crippen molar-refractivity contribution in [3.8, 4) is 0 Å². The van der Waals surface area contributed by atoms with E-state index in [1.165, 1.54) is 5.69 Å². The van der Waals surface area contributed by atoms with Crippen LogP contribution in [0.15, 0.2) is 59.7 Å². The largest absolute Gasteiger partial charge is 0.370 e. The maximum Gasteiger partial charge on any atom is 0.188 e. The van der Waals surface area contributed by atoms with Crippen molar-refractivity contribution in [3.05, 3.63) is 60.4 Å². The number of aromatic nitrogens is 1. The number of guanidine groups is 1. The van der Waals surface area contributed by atoms with Gasteiger partial charge in [0.05, 0.1) is 0 Å². The van der Waals surface area contributed by atoms with Gasteiger partial charge in [0.15, 0.2) is 5.96 Å². The summed E-state index contributed by atoms with van der Waals surface area (Å²) in [6.07, 6.45) is 3.70. The topological polar surface area (TPSA) is 69.8 Å². The molecule has 0 saturated carbocycles. The van der Waals surface area contributed by atoms with Crippen LogP contribution in [0, 0.1) is 0 Å². The summed E-state index contributed by atoms with van der Waals surface area (Å²) in [5, 5.41) is 3.16. The number of para-hydroxylation sites is 1. The highest BCUT2D eigenvalue weighted by atomic mass is 15.3. The Kier molecular flexibility index (Phi) is 7.47. The molecular weight excluding hydrogens is 336 g/mol. The third-order valence-electron chi connectivity index (χ3n) is 4.82. The summed E-state index contributed by atoms with van der Waals surface area (Å²) in [5.74, 6) is 0.528. The van der Waals surface area contributed by atoms with Gasteiger partial charge in [0.1, 0.15) is 0 Å². The minimum Gasteiger partial charge on any atom is -0.370 e. The van der Waals surface area contributed by atoms with Crippen molar-refractivity contribution >= 4 is 11.6 Å². The fraction of sp³-hybridized carbons (Fsp3) is 0.429. The van der Waals surface area contributed by atoms with Crippen molar-refractivity contribution in [2.75, 3.05) is 50.7 Å². The molecular formula is C21H30N6. The van der Waals surface area contributed by atoms with Gasteiger partial charge >= 0.3 is 0 Å². The Morgan fingerprint density at radius 1 is 1.04 bits per heavy atom. The Morgan fingerprint density at radius 3 is 2.56 bits per heavy atom. The van der Waals surface area contributed by atoms with Crippen LogP contribution in [0.25, 0.3) is 0 Å². The highest BCUT2D eigenvalue weighted by molar-refractivity contribution is 5.77. The molecule has 0 spiro atoms. The number of hydrogen-bond donors (Lipinski definition) is 2. The highest BCUT2D eigenvalue weighted by Crippen LogP contribution is 2.15. The van der Waals surface area contributed by atoms with E-state index in [9.17, 15) is 0 Å². The van der Waals surface area contributed by atoms with Crippen LogP contribution in [-0.4, -0.2) is 61.7 Å². The zero-order chi connectivity index (χ0) is 18.7. The van der Waals surface area contributed by atoms with Crippen LogP contribution in [0.1, 0.15) is 12.1 Å². The van der Waals surface area contributed by atoms with Crippen molar-refractivity contribution in [3.63, 3.8) is 0 Å². The van der Waals surface area contributed by atoms with Crippen LogP contribution in [-0.2, 0) is 6.42 Å². The SMILES string of the molecule is NC(=NCCCN1CCN(c2ccccc2)CC1)NCCc1ccccn1. The first kappa shape index (κ1) is 19.2. The number of nitrogens with one attached hydrogen (secondary N) is 1. The van der Waals surface area contributed by atoms with Gasteiger partial charge in [-0.3, -0.25) is 14.9 Å². The van der Waals surface area contributed by atoms with E-state index >= 15 is 0 Å². The van der Waals surface area contributed by atoms with Crippen LogP contribution in [0.3, 0.4) is 0 Å². The average molecular weight is 367 g/mol. The van der Waals surface area contributed by atoms with E-state index in [0.717, 1.165) is 64.3 Å². The van der Waals surface area contributed by atoms with Crippen molar-refractivity contribution in [1.82, 2.24) is 15.2 Å². The number of benzene rings is 1. The summed E-state index contributed by atoms with van der Waals surface area (Å²) in [6, 6.07) is 16.6. The standard InChI is InChI=1S/C21H30N6/c22-21(25-13-10-19-7-4-5-11-23-19)24-12-6-14-26-15-17-27(18-16-26)20-8-2-1-3-9-20/h1-5,7-9,11H,6,10,12-18H2,(H3,22,24,25). The molecule has 144 valence electrons. The smallest absolute Gasteiger partial charge is 0.188 e. The van der Waals surface area contributed by atoms with Crippen molar-refractivity contribution in [1.29, 1.82) is 0 Å². The van der Waals surface area contributed by atoms with E-state index in [1.807, 2.05) is 24.4 Å². The van der Waals surface area contributed by atoms with Gasteiger partial charge in [-0.2, -0.15) is 0 Å². The Bertz CT molecular complexity index is 680. The number of piperazine rings is 1. The van der Waals surface area contributed by atoms with Gasteiger partial charge in [-0.05, 0) is 30.7 Å². The molecule has 1 saturated heterocycles. The number of hydrogen-bond acceptors (Lipinski definition) is 4. The lowest BCUT2D eigenvalue weighted by Crippen LogP contribution is -2.46. The predicted octanol–water partition coefficient (Wildman–Crippen LogP) is 1.74. The van der Waals surface area contributed by atoms with Crippen molar-refractivity contribution < 1.29 is 0 Å². The molecule has 0 bridgehead atoms. The van der Waals surface area contributed by atoms with Crippen LogP contribution < -0.4 is 16.0 Å². The van der Waals surface area contributed by atoms with Gasteiger partial charge in [-0.15, -0.1) is 0 Å². The van der Waals surface area contributed by atoms with Gasteiger partial charge < -0.3 is 16.0 Å². The Balaban J connectivity index is 1.27. The lowest BCUT2D eigenvalue weighted by atomic mass is 10.2. The lowest BCUT2D eigenvalue weighted by molar-refractivity contribution is 0.256. The summed E-state index contributed by atoms with van der Waals surface area (Å²) in [6.45, 7) is 6.99. The molecule has 0 amide bonds. The Hall–Kier alpha value is -2.60. The summed E-state index contributed by atoms with van der Waals surface area (Å²) in [4.78, 5) is 13.7. The number of rotatable bonds is 8. The van der Waals surface area contributed by atoms with E-state index in [4.69, 9.17) is 5.73 Å². The second kappa shape index (κ2) is 10.5. The van der Waals surface area contributed by atoms with Crippen molar-refractivity contribution in [2.45, 2.75) is 12.8 Å². The monoisotopic (exact) mass is 366 g/mol. The number of nitrogens with two attached hydrogens (primary N) is 1. The molecule has 0 radical (unpaired) electrons. The minimum absolute atomic E-state index is 0.528. The quantitative estimate of drug-likeness (QED) is 0.423. The maximum absolute atomic E-state index is 5.94. The molecule has 0 aliphatic carbocycles. The maximum atomic E-state index is 5.94. The van der Waals surface area contributed by atoms with Crippen LogP contribution >= 0.6 is 0 Å². The summed E-state index contributed by atoms with van der Waals surface area (Å²) in [5.41, 5.74) is 8.33. The number of pyridine rings is 1. The van der Waals surface area contributed by atoms with E-state index in [2.05, 4.69) is 55.4 Å². The fourth-order valence-corrected chi connectivity index (χ4v) is 3.28. The Morgan fingerprint density at radius 2 is 1.81 bits per heavy atom. The number of nitrogens with zero attached hydrogens (tertiary/aromatic N) is 4. The molecule has 27 heavy (non-hydrogen) atoms. The molecule has 1 aromatic heterocycles. The molecule has 1 fully saturated rings. The molecule has 1 aromatic carbocycles. The number of aliphatic imine (C=N–C) groups is 1. The molecule has 0 atom stereocenters. The Labute approximate surface area is 162 Å². The van der Waals surface area contributed by atoms with E-state index in [1.54, 1.807) is 0 Å². The zero-order valence-electron chi connectivity index (χ0n) is 15.9. The third kappa shape index (κ3) is 6.57. The van der Waals surface area contributed by atoms with Gasteiger partial charge in [-0.25, -0.2) is 0 Å². The molecule has 1 aliphatic heterocycles. The van der Waals surface area contributed by atoms with Crippen LogP contribution in [0.4, 0.5) is 5.69 Å². The van der Waals surface area contributed by atoms with Gasteiger partial charge in [-0.1, -0.05) is 24.3 Å². The predicted molar refractivity (Wildman–Crippen MR) is 112 cm³/mol. The molecule has 2 heterocycles. The minimum atomic E-state index is 0.528. The van der Waals surface area contributed by atoms with E-state index < -0.39 is 0 Å². The first-order chi connectivity index (χ1) is 13.3. The van der Waals surface area contributed by atoms with Crippen LogP contribution in [0.2, 0.25) is 0 Å². The van der Waals surface area contributed by atoms with Crippen LogP contribution in [0.5, 0.6) is 0 Å². The lowest BCUT2D eigenvalue weighted by Gasteiger charge is -2.36. The normalized spacial score (nSPS) is 15.7. The van der Waals surface area contributed by atoms with Gasteiger partial charge in [0.25, 0.3) is 0 Å². The first-order valence-corrected chi connectivity index (χ1v) is 9.77.